The van der Waals surface area contributed by atoms with Crippen molar-refractivity contribution < 1.29 is 14.2 Å². The van der Waals surface area contributed by atoms with Crippen LogP contribution in [0.3, 0.4) is 0 Å². The summed E-state index contributed by atoms with van der Waals surface area (Å²) in [5.74, 6) is 2.51. The normalized spacial score (nSPS) is 12.5. The molecule has 0 amide bonds. The van der Waals surface area contributed by atoms with Gasteiger partial charge < -0.3 is 19.9 Å². The minimum atomic E-state index is 0.239. The fourth-order valence-electron chi connectivity index (χ4n) is 1.76. The second-order valence-corrected chi connectivity index (χ2v) is 4.85. The van der Waals surface area contributed by atoms with Crippen molar-refractivity contribution in [3.8, 4) is 23.1 Å². The van der Waals surface area contributed by atoms with Gasteiger partial charge in [0.05, 0.1) is 0 Å². The molecule has 2 aromatic rings. The van der Waals surface area contributed by atoms with Crippen LogP contribution in [0.4, 0.5) is 0 Å². The molecule has 19 heavy (non-hydrogen) atoms. The number of hydrogen-bond acceptors (Lipinski definition) is 5. The van der Waals surface area contributed by atoms with Crippen LogP contribution in [-0.4, -0.2) is 11.8 Å². The van der Waals surface area contributed by atoms with E-state index in [9.17, 15) is 0 Å². The Bertz CT molecular complexity index is 619. The molecule has 0 bridgehead atoms. The van der Waals surface area contributed by atoms with Crippen molar-refractivity contribution in [3.63, 3.8) is 0 Å². The highest BCUT2D eigenvalue weighted by Gasteiger charge is 2.15. The van der Waals surface area contributed by atoms with E-state index in [2.05, 4.69) is 20.9 Å². The molecule has 2 N–H and O–H groups in total. The number of pyridine rings is 1. The SMILES string of the molecule is NCc1cc(Br)cnc1Oc1ccc2c(c1)OCO2. The molecule has 1 aromatic carbocycles. The van der Waals surface area contributed by atoms with Crippen molar-refractivity contribution in [2.45, 2.75) is 6.54 Å². The monoisotopic (exact) mass is 322 g/mol. The van der Waals surface area contributed by atoms with Gasteiger partial charge >= 0.3 is 0 Å². The van der Waals surface area contributed by atoms with Crippen molar-refractivity contribution in [1.82, 2.24) is 4.98 Å². The predicted octanol–water partition coefficient (Wildman–Crippen LogP) is 2.82. The second-order valence-electron chi connectivity index (χ2n) is 3.94. The summed E-state index contributed by atoms with van der Waals surface area (Å²) in [6.45, 7) is 0.593. The van der Waals surface area contributed by atoms with Crippen LogP contribution in [0, 0.1) is 0 Å². The first kappa shape index (κ1) is 12.3. The maximum atomic E-state index is 5.73. The number of fused-ring (bicyclic) bond motifs is 1. The Morgan fingerprint density at radius 2 is 2.11 bits per heavy atom. The Balaban J connectivity index is 1.89. The molecule has 98 valence electrons. The molecule has 1 aromatic heterocycles. The highest BCUT2D eigenvalue weighted by atomic mass is 79.9. The van der Waals surface area contributed by atoms with Crippen molar-refractivity contribution in [2.75, 3.05) is 6.79 Å². The highest BCUT2D eigenvalue weighted by molar-refractivity contribution is 9.10. The van der Waals surface area contributed by atoms with E-state index in [1.807, 2.05) is 6.07 Å². The maximum Gasteiger partial charge on any atom is 0.231 e. The lowest BCUT2D eigenvalue weighted by atomic mass is 10.2. The van der Waals surface area contributed by atoms with Crippen LogP contribution in [0.25, 0.3) is 0 Å². The number of aromatic nitrogens is 1. The molecule has 0 spiro atoms. The molecule has 1 aliphatic heterocycles. The summed E-state index contributed by atoms with van der Waals surface area (Å²) in [7, 11) is 0. The van der Waals surface area contributed by atoms with E-state index in [-0.39, 0.29) is 6.79 Å². The molecule has 5 nitrogen and oxygen atoms in total. The van der Waals surface area contributed by atoms with Crippen LogP contribution < -0.4 is 19.9 Å². The Kier molecular flexibility index (Phi) is 3.27. The number of ether oxygens (including phenoxy) is 3. The van der Waals surface area contributed by atoms with E-state index in [1.54, 1.807) is 24.4 Å². The van der Waals surface area contributed by atoms with Crippen molar-refractivity contribution in [3.05, 3.63) is 40.5 Å². The van der Waals surface area contributed by atoms with Crippen molar-refractivity contribution in [1.29, 1.82) is 0 Å². The minimum Gasteiger partial charge on any atom is -0.454 e. The lowest BCUT2D eigenvalue weighted by Gasteiger charge is -2.09. The van der Waals surface area contributed by atoms with Gasteiger partial charge in [-0.3, -0.25) is 0 Å². The smallest absolute Gasteiger partial charge is 0.231 e. The minimum absolute atomic E-state index is 0.239. The van der Waals surface area contributed by atoms with Gasteiger partial charge in [0.15, 0.2) is 11.5 Å². The Morgan fingerprint density at radius 1 is 1.26 bits per heavy atom. The van der Waals surface area contributed by atoms with E-state index in [4.69, 9.17) is 19.9 Å². The number of halogens is 1. The number of hydrogen-bond donors (Lipinski definition) is 1. The molecule has 0 fully saturated rings. The summed E-state index contributed by atoms with van der Waals surface area (Å²) in [5, 5.41) is 0. The van der Waals surface area contributed by atoms with Gasteiger partial charge in [-0.2, -0.15) is 0 Å². The number of nitrogens with zero attached hydrogens (tertiary/aromatic N) is 1. The standard InChI is InChI=1S/C13H11BrN2O3/c14-9-3-8(5-15)13(16-6-9)19-10-1-2-11-12(4-10)18-7-17-11/h1-4,6H,5,7,15H2. The quantitative estimate of drug-likeness (QED) is 0.941. The van der Waals surface area contributed by atoms with Gasteiger partial charge in [0.25, 0.3) is 0 Å². The average molecular weight is 323 g/mol. The molecular formula is C13H11BrN2O3. The first-order valence-electron chi connectivity index (χ1n) is 5.68. The molecule has 0 saturated heterocycles. The van der Waals surface area contributed by atoms with Crippen LogP contribution in [0.5, 0.6) is 23.1 Å². The number of nitrogens with two attached hydrogens (primary N) is 1. The summed E-state index contributed by atoms with van der Waals surface area (Å²) in [5.41, 5.74) is 6.50. The molecule has 2 heterocycles. The van der Waals surface area contributed by atoms with Crippen LogP contribution in [0.15, 0.2) is 34.9 Å². The van der Waals surface area contributed by atoms with Gasteiger partial charge in [-0.15, -0.1) is 0 Å². The Morgan fingerprint density at radius 3 is 2.95 bits per heavy atom. The van der Waals surface area contributed by atoms with Crippen molar-refractivity contribution in [2.24, 2.45) is 5.73 Å². The topological polar surface area (TPSA) is 66.6 Å². The fraction of sp³-hybridized carbons (Fsp3) is 0.154. The molecule has 3 rings (SSSR count). The summed E-state index contributed by atoms with van der Waals surface area (Å²) < 4.78 is 17.1. The zero-order chi connectivity index (χ0) is 13.2. The first-order chi connectivity index (χ1) is 9.26. The molecule has 0 atom stereocenters. The molecule has 0 aliphatic carbocycles. The highest BCUT2D eigenvalue weighted by Crippen LogP contribution is 2.36. The molecule has 0 unspecified atom stereocenters. The number of rotatable bonds is 3. The van der Waals surface area contributed by atoms with Crippen LogP contribution >= 0.6 is 15.9 Å². The van der Waals surface area contributed by atoms with E-state index >= 15 is 0 Å². The third-order valence-corrected chi connectivity index (χ3v) is 3.10. The maximum absolute atomic E-state index is 5.73. The first-order valence-corrected chi connectivity index (χ1v) is 6.47. The lowest BCUT2D eigenvalue weighted by Crippen LogP contribution is -2.01. The molecular weight excluding hydrogens is 312 g/mol. The molecule has 0 saturated carbocycles. The molecule has 1 aliphatic rings. The summed E-state index contributed by atoms with van der Waals surface area (Å²) in [4.78, 5) is 4.22. The van der Waals surface area contributed by atoms with E-state index in [0.717, 1.165) is 15.8 Å². The third kappa shape index (κ3) is 2.50. The van der Waals surface area contributed by atoms with Crippen LogP contribution in [-0.2, 0) is 6.54 Å². The lowest BCUT2D eigenvalue weighted by molar-refractivity contribution is 0.174. The van der Waals surface area contributed by atoms with Gasteiger partial charge in [0.2, 0.25) is 12.7 Å². The van der Waals surface area contributed by atoms with Gasteiger partial charge in [-0.25, -0.2) is 4.98 Å². The Labute approximate surface area is 118 Å². The summed E-state index contributed by atoms with van der Waals surface area (Å²) in [6, 6.07) is 7.26. The van der Waals surface area contributed by atoms with Gasteiger partial charge in [-0.05, 0) is 34.1 Å². The van der Waals surface area contributed by atoms with Gasteiger partial charge in [0.1, 0.15) is 5.75 Å². The zero-order valence-electron chi connectivity index (χ0n) is 9.93. The summed E-state index contributed by atoms with van der Waals surface area (Å²) >= 11 is 3.35. The second kappa shape index (κ2) is 5.07. The van der Waals surface area contributed by atoms with Crippen molar-refractivity contribution >= 4 is 15.9 Å². The van der Waals surface area contributed by atoms with Gasteiger partial charge in [-0.1, -0.05) is 0 Å². The van der Waals surface area contributed by atoms with Crippen LogP contribution in [0.2, 0.25) is 0 Å². The third-order valence-electron chi connectivity index (χ3n) is 2.67. The molecule has 6 heteroatoms. The predicted molar refractivity (Wildman–Crippen MR) is 72.5 cm³/mol. The van der Waals surface area contributed by atoms with Crippen LogP contribution in [0.1, 0.15) is 5.56 Å². The zero-order valence-corrected chi connectivity index (χ0v) is 11.5. The van der Waals surface area contributed by atoms with E-state index in [0.29, 0.717) is 23.9 Å². The van der Waals surface area contributed by atoms with E-state index in [1.165, 1.54) is 0 Å². The molecule has 0 radical (unpaired) electrons. The summed E-state index contributed by atoms with van der Waals surface area (Å²) in [6.07, 6.45) is 1.67. The average Bonchev–Trinajstić information content (AvgIpc) is 2.88. The van der Waals surface area contributed by atoms with Gasteiger partial charge in [0, 0.05) is 28.8 Å². The number of benzene rings is 1. The fourth-order valence-corrected chi connectivity index (χ4v) is 2.14. The Hall–Kier alpha value is -1.79. The van der Waals surface area contributed by atoms with E-state index < -0.39 is 0 Å². The largest absolute Gasteiger partial charge is 0.454 e.